The number of fused-ring (bicyclic) bond motifs is 2. The van der Waals surface area contributed by atoms with Crippen LogP contribution in [0.1, 0.15) is 22.3 Å². The minimum atomic E-state index is -4.20. The first-order chi connectivity index (χ1) is 15.7. The fraction of sp³-hybridized carbons (Fsp3) is 0.200. The van der Waals surface area contributed by atoms with Crippen molar-refractivity contribution in [1.82, 2.24) is 0 Å². The van der Waals surface area contributed by atoms with Gasteiger partial charge in [0.05, 0.1) is 12.2 Å². The second kappa shape index (κ2) is 7.43. The lowest BCUT2D eigenvalue weighted by Crippen LogP contribution is -2.54. The van der Waals surface area contributed by atoms with Crippen molar-refractivity contribution in [3.8, 4) is 0 Å². The van der Waals surface area contributed by atoms with Crippen molar-refractivity contribution in [1.29, 1.82) is 0 Å². The van der Waals surface area contributed by atoms with E-state index in [0.29, 0.717) is 22.0 Å². The normalized spacial score (nSPS) is 21.2. The van der Waals surface area contributed by atoms with Gasteiger partial charge >= 0.3 is 0 Å². The molecule has 1 spiro atoms. The summed E-state index contributed by atoms with van der Waals surface area (Å²) in [5, 5.41) is 0.472. The number of hydrogen-bond donors (Lipinski definition) is 0. The molecule has 0 aliphatic carbocycles. The van der Waals surface area contributed by atoms with Gasteiger partial charge in [-0.25, -0.2) is 8.42 Å². The van der Waals surface area contributed by atoms with Crippen LogP contribution in [0.15, 0.2) is 66.7 Å². The molecule has 168 valence electrons. The first kappa shape index (κ1) is 21.7. The Hall–Kier alpha value is -3.16. The van der Waals surface area contributed by atoms with Crippen LogP contribution >= 0.6 is 11.6 Å². The number of hydrogen-bond acceptors (Lipinski definition) is 4. The van der Waals surface area contributed by atoms with Gasteiger partial charge in [0.25, 0.3) is 10.8 Å². The third-order valence-corrected chi connectivity index (χ3v) is 8.65. The Kier molecular flexibility index (Phi) is 4.88. The summed E-state index contributed by atoms with van der Waals surface area (Å²) in [5.74, 6) is -2.03. The van der Waals surface area contributed by atoms with Crippen LogP contribution in [-0.2, 0) is 30.8 Å². The molecule has 0 saturated carbocycles. The van der Waals surface area contributed by atoms with Crippen molar-refractivity contribution in [2.24, 2.45) is 0 Å². The van der Waals surface area contributed by atoms with Gasteiger partial charge in [0.2, 0.25) is 5.91 Å². The molecule has 5 rings (SSSR count). The van der Waals surface area contributed by atoms with Crippen molar-refractivity contribution in [3.05, 3.63) is 94.0 Å². The Bertz CT molecular complexity index is 1420. The average molecular weight is 481 g/mol. The van der Waals surface area contributed by atoms with Gasteiger partial charge < -0.3 is 4.90 Å². The lowest BCUT2D eigenvalue weighted by molar-refractivity contribution is -0.123. The number of sulfone groups is 1. The molecule has 8 heteroatoms. The van der Waals surface area contributed by atoms with E-state index in [1.807, 2.05) is 19.9 Å². The fourth-order valence-electron chi connectivity index (χ4n) is 4.93. The molecule has 6 nitrogen and oxygen atoms in total. The maximum atomic E-state index is 14.1. The standard InChI is InChI=1S/C25H21ClN2O4S/c1-16-11-17(2)13-19(12-16)28-23(29)15-33(31,32)25(28)20-8-4-6-10-22(20)27(24(25)30)14-18-7-3-5-9-21(18)26/h3-13H,14-15H2,1-2H3/t25-/m1/s1. The number of anilines is 2. The second-order valence-electron chi connectivity index (χ2n) is 8.48. The minimum Gasteiger partial charge on any atom is -0.304 e. The zero-order chi connectivity index (χ0) is 23.5. The van der Waals surface area contributed by atoms with Gasteiger partial charge in [0.1, 0.15) is 5.75 Å². The molecule has 1 fully saturated rings. The van der Waals surface area contributed by atoms with Gasteiger partial charge in [-0.05, 0) is 54.8 Å². The number of amides is 2. The summed E-state index contributed by atoms with van der Waals surface area (Å²) in [4.78, 5) is 27.8. The van der Waals surface area contributed by atoms with Gasteiger partial charge in [-0.15, -0.1) is 0 Å². The number of para-hydroxylation sites is 1. The van der Waals surface area contributed by atoms with Gasteiger partial charge in [-0.3, -0.25) is 14.5 Å². The van der Waals surface area contributed by atoms with Crippen LogP contribution in [0.5, 0.6) is 0 Å². The highest BCUT2D eigenvalue weighted by atomic mass is 35.5. The Morgan fingerprint density at radius 1 is 0.939 bits per heavy atom. The average Bonchev–Trinajstić information content (AvgIpc) is 3.12. The zero-order valence-electron chi connectivity index (χ0n) is 18.1. The van der Waals surface area contributed by atoms with Crippen molar-refractivity contribution >= 4 is 44.6 Å². The number of halogens is 1. The van der Waals surface area contributed by atoms with Crippen LogP contribution in [-0.4, -0.2) is 26.0 Å². The molecule has 1 saturated heterocycles. The van der Waals surface area contributed by atoms with Gasteiger partial charge in [0.15, 0.2) is 9.84 Å². The van der Waals surface area contributed by atoms with Crippen LogP contribution in [0.4, 0.5) is 11.4 Å². The largest absolute Gasteiger partial charge is 0.304 e. The quantitative estimate of drug-likeness (QED) is 0.565. The Morgan fingerprint density at radius 3 is 2.27 bits per heavy atom. The highest BCUT2D eigenvalue weighted by Gasteiger charge is 2.69. The van der Waals surface area contributed by atoms with Crippen molar-refractivity contribution in [3.63, 3.8) is 0 Å². The number of carbonyl (C=O) groups excluding carboxylic acids is 2. The third-order valence-electron chi connectivity index (χ3n) is 6.17. The molecule has 33 heavy (non-hydrogen) atoms. The summed E-state index contributed by atoms with van der Waals surface area (Å²) in [7, 11) is -4.20. The van der Waals surface area contributed by atoms with Gasteiger partial charge in [-0.1, -0.05) is 54.1 Å². The molecule has 2 amide bonds. The van der Waals surface area contributed by atoms with Crippen LogP contribution < -0.4 is 9.80 Å². The molecule has 1 atom stereocenters. The van der Waals surface area contributed by atoms with Crippen LogP contribution in [0.3, 0.4) is 0 Å². The van der Waals surface area contributed by atoms with Crippen molar-refractivity contribution in [2.45, 2.75) is 25.3 Å². The Morgan fingerprint density at radius 2 is 1.58 bits per heavy atom. The number of rotatable bonds is 3. The summed E-state index contributed by atoms with van der Waals surface area (Å²) in [6.45, 7) is 3.82. The Balaban J connectivity index is 1.76. The second-order valence-corrected chi connectivity index (χ2v) is 11.0. The monoisotopic (exact) mass is 480 g/mol. The molecule has 0 radical (unpaired) electrons. The smallest absolute Gasteiger partial charge is 0.274 e. The van der Waals surface area contributed by atoms with E-state index in [1.54, 1.807) is 60.7 Å². The fourth-order valence-corrected chi connectivity index (χ4v) is 7.15. The van der Waals surface area contributed by atoms with E-state index in [1.165, 1.54) is 9.80 Å². The highest BCUT2D eigenvalue weighted by molar-refractivity contribution is 7.94. The van der Waals surface area contributed by atoms with Crippen LogP contribution in [0.2, 0.25) is 5.02 Å². The van der Waals surface area contributed by atoms with E-state index in [9.17, 15) is 18.0 Å². The first-order valence-electron chi connectivity index (χ1n) is 10.5. The molecule has 3 aromatic carbocycles. The predicted molar refractivity (Wildman–Crippen MR) is 128 cm³/mol. The topological polar surface area (TPSA) is 74.8 Å². The molecule has 0 aromatic heterocycles. The van der Waals surface area contributed by atoms with Crippen LogP contribution in [0, 0.1) is 13.8 Å². The van der Waals surface area contributed by atoms with E-state index >= 15 is 0 Å². The van der Waals surface area contributed by atoms with Gasteiger partial charge in [-0.2, -0.15) is 0 Å². The molecule has 0 bridgehead atoms. The van der Waals surface area contributed by atoms with Crippen molar-refractivity contribution < 1.29 is 18.0 Å². The Labute approximate surface area is 197 Å². The molecule has 3 aromatic rings. The number of benzene rings is 3. The van der Waals surface area contributed by atoms with Crippen LogP contribution in [0.25, 0.3) is 0 Å². The molecule has 0 N–H and O–H groups in total. The molecule has 2 aliphatic heterocycles. The third kappa shape index (κ3) is 3.03. The molecule has 2 heterocycles. The maximum Gasteiger partial charge on any atom is 0.274 e. The maximum absolute atomic E-state index is 14.1. The minimum absolute atomic E-state index is 0.0850. The van der Waals surface area contributed by atoms with Gasteiger partial charge in [0, 0.05) is 16.3 Å². The number of carbonyl (C=O) groups is 2. The molecular weight excluding hydrogens is 460 g/mol. The highest BCUT2D eigenvalue weighted by Crippen LogP contribution is 2.53. The SMILES string of the molecule is Cc1cc(C)cc(N2C(=O)CS(=O)(=O)[C@]23C(=O)N(Cc2ccccc2Cl)c2ccccc23)c1. The van der Waals surface area contributed by atoms with E-state index in [-0.39, 0.29) is 12.1 Å². The number of nitrogens with zero attached hydrogens (tertiary/aromatic N) is 2. The first-order valence-corrected chi connectivity index (χ1v) is 12.5. The summed E-state index contributed by atoms with van der Waals surface area (Å²) in [6, 6.07) is 19.3. The zero-order valence-corrected chi connectivity index (χ0v) is 19.7. The van der Waals surface area contributed by atoms with E-state index < -0.39 is 32.3 Å². The lowest BCUT2D eigenvalue weighted by atomic mass is 10.0. The summed E-state index contributed by atoms with van der Waals surface area (Å²) in [6.07, 6.45) is 0. The van der Waals surface area contributed by atoms with Crippen molar-refractivity contribution in [2.75, 3.05) is 15.6 Å². The van der Waals surface area contributed by atoms with E-state index in [2.05, 4.69) is 0 Å². The molecule has 0 unspecified atom stereocenters. The summed E-state index contributed by atoms with van der Waals surface area (Å²) in [5.41, 5.74) is 3.54. The van der Waals surface area contributed by atoms with E-state index in [0.717, 1.165) is 11.1 Å². The summed E-state index contributed by atoms with van der Waals surface area (Å²) >= 11 is 6.35. The predicted octanol–water partition coefficient (Wildman–Crippen LogP) is 4.12. The number of aryl methyl sites for hydroxylation is 2. The van der Waals surface area contributed by atoms with E-state index in [4.69, 9.17) is 11.6 Å². The molecular formula is C25H21ClN2O4S. The lowest BCUT2D eigenvalue weighted by Gasteiger charge is -2.33. The molecule has 2 aliphatic rings. The summed E-state index contributed by atoms with van der Waals surface area (Å²) < 4.78 is 27.3.